The van der Waals surface area contributed by atoms with Gasteiger partial charge in [0.1, 0.15) is 5.82 Å². The lowest BCUT2D eigenvalue weighted by Gasteiger charge is -2.37. The van der Waals surface area contributed by atoms with Gasteiger partial charge in [-0.05, 0) is 67.3 Å². The molecule has 0 aromatic heterocycles. The fourth-order valence-electron chi connectivity index (χ4n) is 4.54. The molecule has 0 spiro atoms. The van der Waals surface area contributed by atoms with Crippen LogP contribution in [0.15, 0.2) is 54.6 Å². The van der Waals surface area contributed by atoms with Crippen molar-refractivity contribution in [3.8, 4) is 11.1 Å². The summed E-state index contributed by atoms with van der Waals surface area (Å²) in [7, 11) is 0. The highest BCUT2D eigenvalue weighted by molar-refractivity contribution is 6.30. The van der Waals surface area contributed by atoms with Crippen LogP contribution in [0.2, 0.25) is 5.02 Å². The van der Waals surface area contributed by atoms with E-state index < -0.39 is 0 Å². The number of hydrogen-bond donors (Lipinski definition) is 0. The normalized spacial score (nSPS) is 28.0. The molecule has 2 nitrogen and oxygen atoms in total. The van der Waals surface area contributed by atoms with Gasteiger partial charge in [-0.15, -0.1) is 0 Å². The Balaban J connectivity index is 1.32. The second-order valence-corrected chi connectivity index (χ2v) is 8.59. The summed E-state index contributed by atoms with van der Waals surface area (Å²) in [6.07, 6.45) is 8.76. The Morgan fingerprint density at radius 2 is 1.59 bits per heavy atom. The molecule has 4 rings (SSSR count). The van der Waals surface area contributed by atoms with Gasteiger partial charge >= 0.3 is 0 Å². The molecule has 2 fully saturated rings. The zero-order valence-corrected chi connectivity index (χ0v) is 17.6. The molecule has 4 heteroatoms. The van der Waals surface area contributed by atoms with Crippen LogP contribution in [0.25, 0.3) is 11.1 Å². The van der Waals surface area contributed by atoms with E-state index in [2.05, 4.69) is 36.4 Å². The predicted octanol–water partition coefficient (Wildman–Crippen LogP) is 6.99. The van der Waals surface area contributed by atoms with Crippen molar-refractivity contribution >= 4 is 11.6 Å². The highest BCUT2D eigenvalue weighted by Crippen LogP contribution is 2.39. The topological polar surface area (TPSA) is 18.5 Å². The van der Waals surface area contributed by atoms with Gasteiger partial charge in [0.25, 0.3) is 0 Å². The molecule has 0 amide bonds. The minimum absolute atomic E-state index is 0.0420. The van der Waals surface area contributed by atoms with E-state index in [0.717, 1.165) is 50.0 Å². The maximum atomic E-state index is 13.7. The summed E-state index contributed by atoms with van der Waals surface area (Å²) in [5.41, 5.74) is 3.22. The first kappa shape index (κ1) is 20.6. The Morgan fingerprint density at radius 1 is 0.931 bits per heavy atom. The molecule has 1 aliphatic heterocycles. The standard InChI is InChI=1S/C25H28ClFO2/c1-2-3-17-15-28-25(29-16-17)21-10-8-19(9-11-21)18-4-6-20(7-5-18)22-12-13-23(26)24(27)14-22/h2-7,12-14,17,19,21,25H,8-11,15-16H2,1H3/t17-,19-,21-,25-. The van der Waals surface area contributed by atoms with Gasteiger partial charge in [0.15, 0.2) is 6.29 Å². The fraction of sp³-hybridized carbons (Fsp3) is 0.440. The minimum Gasteiger partial charge on any atom is -0.352 e. The van der Waals surface area contributed by atoms with Crippen LogP contribution in [-0.4, -0.2) is 19.5 Å². The van der Waals surface area contributed by atoms with Crippen LogP contribution in [0.1, 0.15) is 44.1 Å². The number of hydrogen-bond acceptors (Lipinski definition) is 2. The van der Waals surface area contributed by atoms with Crippen molar-refractivity contribution < 1.29 is 13.9 Å². The second-order valence-electron chi connectivity index (χ2n) is 8.18. The molecular formula is C25H28ClFO2. The summed E-state index contributed by atoms with van der Waals surface area (Å²) >= 11 is 5.79. The summed E-state index contributed by atoms with van der Waals surface area (Å²) in [5.74, 6) is 1.08. The lowest BCUT2D eigenvalue weighted by Crippen LogP contribution is -2.37. The van der Waals surface area contributed by atoms with Crippen LogP contribution in [0.5, 0.6) is 0 Å². The average molecular weight is 415 g/mol. The van der Waals surface area contributed by atoms with Crippen LogP contribution >= 0.6 is 11.6 Å². The van der Waals surface area contributed by atoms with E-state index in [0.29, 0.717) is 17.8 Å². The van der Waals surface area contributed by atoms with Crippen molar-refractivity contribution in [1.29, 1.82) is 0 Å². The SMILES string of the molecule is CC=C[C@H]1CO[C@H]([C@H]2CC[C@H](c3ccc(-c4ccc(Cl)c(F)c4)cc3)CC2)OC1. The maximum Gasteiger partial charge on any atom is 0.160 e. The smallest absolute Gasteiger partial charge is 0.160 e. The third-order valence-corrected chi connectivity index (χ3v) is 6.51. The first-order chi connectivity index (χ1) is 14.1. The average Bonchev–Trinajstić information content (AvgIpc) is 2.77. The molecule has 0 bridgehead atoms. The molecule has 1 saturated heterocycles. The third kappa shape index (κ3) is 4.91. The molecule has 1 saturated carbocycles. The second kappa shape index (κ2) is 9.42. The molecule has 154 valence electrons. The summed E-state index contributed by atoms with van der Waals surface area (Å²) < 4.78 is 25.7. The molecule has 0 radical (unpaired) electrons. The molecule has 2 aromatic rings. The van der Waals surface area contributed by atoms with Crippen LogP contribution in [0.3, 0.4) is 0 Å². The largest absolute Gasteiger partial charge is 0.352 e. The lowest BCUT2D eigenvalue weighted by molar-refractivity contribution is -0.222. The van der Waals surface area contributed by atoms with Gasteiger partial charge in [-0.25, -0.2) is 4.39 Å². The number of benzene rings is 2. The van der Waals surface area contributed by atoms with E-state index >= 15 is 0 Å². The van der Waals surface area contributed by atoms with Crippen LogP contribution in [0.4, 0.5) is 4.39 Å². The highest BCUT2D eigenvalue weighted by atomic mass is 35.5. The van der Waals surface area contributed by atoms with Crippen molar-refractivity contribution in [2.24, 2.45) is 11.8 Å². The van der Waals surface area contributed by atoms with E-state index in [9.17, 15) is 4.39 Å². The van der Waals surface area contributed by atoms with E-state index in [1.54, 1.807) is 6.07 Å². The number of ether oxygens (including phenoxy) is 2. The quantitative estimate of drug-likeness (QED) is 0.502. The van der Waals surface area contributed by atoms with Gasteiger partial charge in [-0.1, -0.05) is 54.1 Å². The predicted molar refractivity (Wildman–Crippen MR) is 116 cm³/mol. The molecule has 1 aliphatic carbocycles. The van der Waals surface area contributed by atoms with Crippen molar-refractivity contribution in [1.82, 2.24) is 0 Å². The maximum absolute atomic E-state index is 13.7. The zero-order chi connectivity index (χ0) is 20.2. The van der Waals surface area contributed by atoms with E-state index in [4.69, 9.17) is 21.1 Å². The van der Waals surface area contributed by atoms with Crippen LogP contribution < -0.4 is 0 Å². The Labute approximate surface area is 177 Å². The molecule has 0 atom stereocenters. The fourth-order valence-corrected chi connectivity index (χ4v) is 4.65. The molecular weight excluding hydrogens is 387 g/mol. The Kier molecular flexibility index (Phi) is 6.69. The monoisotopic (exact) mass is 414 g/mol. The van der Waals surface area contributed by atoms with Gasteiger partial charge < -0.3 is 9.47 Å². The van der Waals surface area contributed by atoms with E-state index in [-0.39, 0.29) is 17.1 Å². The van der Waals surface area contributed by atoms with Crippen molar-refractivity contribution in [3.05, 3.63) is 71.0 Å². The number of rotatable bonds is 4. The molecule has 2 aromatic carbocycles. The Hall–Kier alpha value is -1.68. The van der Waals surface area contributed by atoms with Gasteiger partial charge in [0, 0.05) is 11.8 Å². The molecule has 1 heterocycles. The third-order valence-electron chi connectivity index (χ3n) is 6.21. The van der Waals surface area contributed by atoms with Crippen LogP contribution in [0, 0.1) is 17.7 Å². The van der Waals surface area contributed by atoms with Crippen molar-refractivity contribution in [3.63, 3.8) is 0 Å². The first-order valence-corrected chi connectivity index (χ1v) is 10.9. The minimum atomic E-state index is -0.379. The summed E-state index contributed by atoms with van der Waals surface area (Å²) in [6.45, 7) is 3.57. The Bertz CT molecular complexity index is 832. The zero-order valence-electron chi connectivity index (χ0n) is 16.8. The highest BCUT2D eigenvalue weighted by Gasteiger charge is 2.32. The van der Waals surface area contributed by atoms with Gasteiger partial charge in [-0.3, -0.25) is 0 Å². The Morgan fingerprint density at radius 3 is 2.21 bits per heavy atom. The van der Waals surface area contributed by atoms with Gasteiger partial charge in [0.05, 0.1) is 18.2 Å². The molecule has 29 heavy (non-hydrogen) atoms. The summed E-state index contributed by atoms with van der Waals surface area (Å²) in [6, 6.07) is 13.5. The molecule has 0 unspecified atom stereocenters. The van der Waals surface area contributed by atoms with Crippen molar-refractivity contribution in [2.45, 2.75) is 44.8 Å². The molecule has 2 aliphatic rings. The van der Waals surface area contributed by atoms with Gasteiger partial charge in [-0.2, -0.15) is 0 Å². The summed E-state index contributed by atoms with van der Waals surface area (Å²) in [4.78, 5) is 0. The molecule has 0 N–H and O–H groups in total. The first-order valence-electron chi connectivity index (χ1n) is 10.6. The van der Waals surface area contributed by atoms with E-state index in [1.807, 2.05) is 13.0 Å². The number of halogens is 2. The lowest BCUT2D eigenvalue weighted by atomic mass is 9.78. The van der Waals surface area contributed by atoms with Crippen molar-refractivity contribution in [2.75, 3.05) is 13.2 Å². The number of allylic oxidation sites excluding steroid dienone is 1. The summed E-state index contributed by atoms with van der Waals surface area (Å²) in [5, 5.41) is 0.158. The van der Waals surface area contributed by atoms with Crippen LogP contribution in [-0.2, 0) is 9.47 Å². The van der Waals surface area contributed by atoms with Gasteiger partial charge in [0.2, 0.25) is 0 Å². The van der Waals surface area contributed by atoms with E-state index in [1.165, 1.54) is 11.6 Å².